The molecule has 1 amide bonds. The van der Waals surface area contributed by atoms with Gasteiger partial charge in [0.1, 0.15) is 5.52 Å². The van der Waals surface area contributed by atoms with Crippen LogP contribution in [0.25, 0.3) is 22.3 Å². The molecule has 1 saturated heterocycles. The van der Waals surface area contributed by atoms with Gasteiger partial charge in [0.15, 0.2) is 5.82 Å². The summed E-state index contributed by atoms with van der Waals surface area (Å²) in [5.74, 6) is 5.33. The van der Waals surface area contributed by atoms with Crippen molar-refractivity contribution < 1.29 is 9.90 Å². The fourth-order valence-corrected chi connectivity index (χ4v) is 3.55. The average molecular weight is 403 g/mol. The molecule has 0 radical (unpaired) electrons. The highest BCUT2D eigenvalue weighted by atomic mass is 16.3. The van der Waals surface area contributed by atoms with Crippen molar-refractivity contribution in [3.05, 3.63) is 51.9 Å². The first kappa shape index (κ1) is 19.6. The SMILES string of the molecule is CCc1cc(-c2cccc(C#CC3(O)CCN(C)C3=O)c2)nc2c(N)nc(=O)[nH]c12. The number of nitrogens with one attached hydrogen (secondary N) is 1. The molecule has 1 fully saturated rings. The van der Waals surface area contributed by atoms with Gasteiger partial charge in [-0.25, -0.2) is 9.78 Å². The summed E-state index contributed by atoms with van der Waals surface area (Å²) in [5, 5.41) is 10.5. The number of nitrogen functional groups attached to an aromatic ring is 1. The molecule has 0 aliphatic carbocycles. The highest BCUT2D eigenvalue weighted by Crippen LogP contribution is 2.26. The number of nitrogens with zero attached hydrogens (tertiary/aromatic N) is 3. The number of benzene rings is 1. The van der Waals surface area contributed by atoms with Crippen LogP contribution in [0.4, 0.5) is 5.82 Å². The molecular weight excluding hydrogens is 382 g/mol. The molecule has 4 N–H and O–H groups in total. The minimum absolute atomic E-state index is 0.0762. The fourth-order valence-electron chi connectivity index (χ4n) is 3.55. The second kappa shape index (κ2) is 7.28. The van der Waals surface area contributed by atoms with Crippen LogP contribution in [0.1, 0.15) is 24.5 Å². The van der Waals surface area contributed by atoms with Crippen LogP contribution >= 0.6 is 0 Å². The van der Waals surface area contributed by atoms with Gasteiger partial charge in [0, 0.05) is 31.1 Å². The van der Waals surface area contributed by atoms with Crippen LogP contribution in [-0.2, 0) is 11.2 Å². The number of carbonyl (C=O) groups excluding carboxylic acids is 1. The number of pyridine rings is 1. The Kier molecular flexibility index (Phi) is 4.76. The van der Waals surface area contributed by atoms with Crippen LogP contribution < -0.4 is 11.4 Å². The van der Waals surface area contributed by atoms with E-state index in [9.17, 15) is 14.7 Å². The Hall–Kier alpha value is -3.70. The van der Waals surface area contributed by atoms with Crippen molar-refractivity contribution in [2.45, 2.75) is 25.4 Å². The predicted octanol–water partition coefficient (Wildman–Crippen LogP) is 1.07. The molecule has 4 rings (SSSR count). The van der Waals surface area contributed by atoms with Gasteiger partial charge in [-0.05, 0) is 30.2 Å². The number of aryl methyl sites for hydroxylation is 1. The molecule has 3 aromatic rings. The highest BCUT2D eigenvalue weighted by Gasteiger charge is 2.42. The number of nitrogens with two attached hydrogens (primary N) is 1. The molecule has 1 unspecified atom stereocenters. The van der Waals surface area contributed by atoms with Gasteiger partial charge < -0.3 is 20.7 Å². The van der Waals surface area contributed by atoms with Crippen molar-refractivity contribution in [1.82, 2.24) is 19.9 Å². The third-order valence-electron chi connectivity index (χ3n) is 5.26. The van der Waals surface area contributed by atoms with Crippen molar-refractivity contribution in [2.75, 3.05) is 19.3 Å². The smallest absolute Gasteiger partial charge is 0.347 e. The number of amides is 1. The largest absolute Gasteiger partial charge is 0.382 e. The van der Waals surface area contributed by atoms with Crippen LogP contribution in [0.2, 0.25) is 0 Å². The summed E-state index contributed by atoms with van der Waals surface area (Å²) >= 11 is 0. The number of H-pyrrole nitrogens is 1. The van der Waals surface area contributed by atoms with Gasteiger partial charge in [-0.3, -0.25) is 4.79 Å². The number of likely N-dealkylation sites (N-methyl/N-ethyl adjacent to an activating group) is 1. The molecule has 30 heavy (non-hydrogen) atoms. The number of fused-ring (bicyclic) bond motifs is 1. The van der Waals surface area contributed by atoms with Gasteiger partial charge >= 0.3 is 5.69 Å². The zero-order chi connectivity index (χ0) is 21.5. The summed E-state index contributed by atoms with van der Waals surface area (Å²) < 4.78 is 0. The molecule has 1 aliphatic heterocycles. The van der Waals surface area contributed by atoms with E-state index >= 15 is 0 Å². The maximum absolute atomic E-state index is 12.1. The predicted molar refractivity (Wildman–Crippen MR) is 113 cm³/mol. The number of anilines is 1. The maximum atomic E-state index is 12.1. The normalized spacial score (nSPS) is 18.5. The summed E-state index contributed by atoms with van der Waals surface area (Å²) in [6, 6.07) is 9.25. The summed E-state index contributed by atoms with van der Waals surface area (Å²) in [4.78, 5) is 36.3. The fraction of sp³-hybridized carbons (Fsp3) is 0.273. The van der Waals surface area contributed by atoms with Gasteiger partial charge in [-0.15, -0.1) is 0 Å². The molecule has 0 spiro atoms. The van der Waals surface area contributed by atoms with Crippen molar-refractivity contribution >= 4 is 22.8 Å². The topological polar surface area (TPSA) is 125 Å². The van der Waals surface area contributed by atoms with Gasteiger partial charge in [-0.2, -0.15) is 4.98 Å². The molecule has 1 atom stereocenters. The Morgan fingerprint density at radius 3 is 2.80 bits per heavy atom. The average Bonchev–Trinajstić information content (AvgIpc) is 3.00. The van der Waals surface area contributed by atoms with Crippen molar-refractivity contribution in [1.29, 1.82) is 0 Å². The van der Waals surface area contributed by atoms with E-state index in [-0.39, 0.29) is 18.1 Å². The molecule has 8 heteroatoms. The van der Waals surface area contributed by atoms with E-state index in [2.05, 4.69) is 26.8 Å². The van der Waals surface area contributed by atoms with E-state index < -0.39 is 11.3 Å². The zero-order valence-electron chi connectivity index (χ0n) is 16.7. The van der Waals surface area contributed by atoms with E-state index in [1.807, 2.05) is 31.2 Å². The lowest BCUT2D eigenvalue weighted by Crippen LogP contribution is -2.37. The maximum Gasteiger partial charge on any atom is 0.347 e. The summed E-state index contributed by atoms with van der Waals surface area (Å²) in [5.41, 5.74) is 7.81. The van der Waals surface area contributed by atoms with Crippen LogP contribution in [0.15, 0.2) is 35.1 Å². The van der Waals surface area contributed by atoms with Gasteiger partial charge in [0.2, 0.25) is 5.60 Å². The van der Waals surface area contributed by atoms with Gasteiger partial charge in [0.25, 0.3) is 5.91 Å². The summed E-state index contributed by atoms with van der Waals surface area (Å²) in [6.45, 7) is 2.45. The number of hydrogen-bond acceptors (Lipinski definition) is 6. The first-order valence-corrected chi connectivity index (χ1v) is 9.61. The Labute approximate surface area is 172 Å². The minimum Gasteiger partial charge on any atom is -0.382 e. The van der Waals surface area contributed by atoms with Crippen molar-refractivity contribution in [3.63, 3.8) is 0 Å². The summed E-state index contributed by atoms with van der Waals surface area (Å²) in [6.07, 6.45) is 0.958. The first-order chi connectivity index (χ1) is 14.3. The number of aromatic amines is 1. The van der Waals surface area contributed by atoms with E-state index in [4.69, 9.17) is 5.73 Å². The number of rotatable bonds is 2. The second-order valence-electron chi connectivity index (χ2n) is 7.34. The number of aliphatic hydroxyl groups is 1. The quantitative estimate of drug-likeness (QED) is 0.550. The lowest BCUT2D eigenvalue weighted by atomic mass is 10.0. The minimum atomic E-state index is -1.65. The molecule has 8 nitrogen and oxygen atoms in total. The first-order valence-electron chi connectivity index (χ1n) is 9.61. The standard InChI is InChI=1S/C22H21N5O3/c1-3-14-12-16(24-18-17(14)25-21(29)26-19(18)23)15-6-4-5-13(11-15)7-8-22(30)9-10-27(2)20(22)28/h4-6,11-12,30H,3,9-10H2,1-2H3,(H3,23,25,26,29). The Bertz CT molecular complexity index is 1290. The molecule has 0 saturated carbocycles. The Balaban J connectivity index is 1.77. The zero-order valence-corrected chi connectivity index (χ0v) is 16.7. The third kappa shape index (κ3) is 3.40. The van der Waals surface area contributed by atoms with E-state index in [1.165, 1.54) is 4.90 Å². The second-order valence-corrected chi connectivity index (χ2v) is 7.34. The van der Waals surface area contributed by atoms with Crippen molar-refractivity contribution in [3.8, 4) is 23.1 Å². The third-order valence-corrected chi connectivity index (χ3v) is 5.26. The van der Waals surface area contributed by atoms with Gasteiger partial charge in [0.05, 0.1) is 11.2 Å². The number of carbonyl (C=O) groups is 1. The molecule has 152 valence electrons. The molecule has 3 heterocycles. The molecule has 1 aliphatic rings. The Morgan fingerprint density at radius 1 is 1.30 bits per heavy atom. The number of aromatic nitrogens is 3. The van der Waals surface area contributed by atoms with E-state index in [1.54, 1.807) is 13.1 Å². The lowest BCUT2D eigenvalue weighted by molar-refractivity contribution is -0.137. The van der Waals surface area contributed by atoms with Gasteiger partial charge in [-0.1, -0.05) is 30.9 Å². The molecule has 0 bridgehead atoms. The van der Waals surface area contributed by atoms with Crippen LogP contribution in [0.3, 0.4) is 0 Å². The van der Waals surface area contributed by atoms with Crippen LogP contribution in [0, 0.1) is 11.8 Å². The molecule has 1 aromatic carbocycles. The van der Waals surface area contributed by atoms with Crippen LogP contribution in [0.5, 0.6) is 0 Å². The summed E-state index contributed by atoms with van der Waals surface area (Å²) in [7, 11) is 1.65. The number of likely N-dealkylation sites (tertiary alicyclic amines) is 1. The highest BCUT2D eigenvalue weighted by molar-refractivity contribution is 5.91. The number of hydrogen-bond donors (Lipinski definition) is 3. The molecular formula is C22H21N5O3. The van der Waals surface area contributed by atoms with Crippen LogP contribution in [-0.4, -0.2) is 50.1 Å². The van der Waals surface area contributed by atoms with E-state index in [0.717, 1.165) is 11.1 Å². The Morgan fingerprint density at radius 2 is 2.10 bits per heavy atom. The van der Waals surface area contributed by atoms with Crippen molar-refractivity contribution in [2.24, 2.45) is 0 Å². The molecule has 2 aromatic heterocycles. The lowest BCUT2D eigenvalue weighted by Gasteiger charge is -2.13. The monoisotopic (exact) mass is 403 g/mol. The van der Waals surface area contributed by atoms with E-state index in [0.29, 0.717) is 35.3 Å².